The average Bonchev–Trinajstić information content (AvgIpc) is 3.49. The Morgan fingerprint density at radius 3 is 2.61 bits per heavy atom. The van der Waals surface area contributed by atoms with E-state index in [1.807, 2.05) is 37.1 Å². The summed E-state index contributed by atoms with van der Waals surface area (Å²) in [5, 5.41) is 7.84. The van der Waals surface area contributed by atoms with Gasteiger partial charge in [0.2, 0.25) is 5.88 Å². The minimum atomic E-state index is -4.43. The Morgan fingerprint density at radius 2 is 1.89 bits per heavy atom. The summed E-state index contributed by atoms with van der Waals surface area (Å²) in [6.45, 7) is 4.63. The summed E-state index contributed by atoms with van der Waals surface area (Å²) >= 11 is 0. The van der Waals surface area contributed by atoms with Crippen LogP contribution in [0.4, 0.5) is 18.9 Å². The molecule has 4 heterocycles. The van der Waals surface area contributed by atoms with Gasteiger partial charge in [-0.1, -0.05) is 18.2 Å². The van der Waals surface area contributed by atoms with Crippen LogP contribution in [-0.4, -0.2) is 33.5 Å². The fourth-order valence-electron chi connectivity index (χ4n) is 4.76. The van der Waals surface area contributed by atoms with Crippen molar-refractivity contribution in [2.24, 2.45) is 0 Å². The first-order valence-corrected chi connectivity index (χ1v) is 11.8. The molecule has 5 rings (SSSR count). The first kappa shape index (κ1) is 23.9. The first-order chi connectivity index (χ1) is 17.2. The van der Waals surface area contributed by atoms with Gasteiger partial charge < -0.3 is 15.0 Å². The molecule has 0 bridgehead atoms. The van der Waals surface area contributed by atoms with Gasteiger partial charge in [-0.2, -0.15) is 18.3 Å². The van der Waals surface area contributed by atoms with Crippen LogP contribution in [0.2, 0.25) is 0 Å². The number of nitrogens with zero attached hydrogens (tertiary/aromatic N) is 5. The number of aromatic nitrogens is 4. The molecule has 10 heteroatoms. The number of fused-ring (bicyclic) bond motifs is 1. The van der Waals surface area contributed by atoms with Crippen LogP contribution >= 0.6 is 0 Å². The highest BCUT2D eigenvalue weighted by Crippen LogP contribution is 2.42. The highest BCUT2D eigenvalue weighted by Gasteiger charge is 2.38. The summed E-state index contributed by atoms with van der Waals surface area (Å²) in [6.07, 6.45) is 2.37. The summed E-state index contributed by atoms with van der Waals surface area (Å²) in [5.74, 6) is 0.992. The van der Waals surface area contributed by atoms with E-state index in [9.17, 15) is 13.2 Å². The normalized spacial score (nSPS) is 19.8. The molecule has 0 radical (unpaired) electrons. The van der Waals surface area contributed by atoms with Crippen LogP contribution in [0, 0.1) is 0 Å². The van der Waals surface area contributed by atoms with Gasteiger partial charge in [0.15, 0.2) is 5.82 Å². The van der Waals surface area contributed by atoms with Crippen LogP contribution in [-0.2, 0) is 6.18 Å². The Bertz CT molecular complexity index is 1330. The molecule has 188 valence electrons. The highest BCUT2D eigenvalue weighted by atomic mass is 19.4. The molecule has 0 fully saturated rings. The number of hydrogen-bond donors (Lipinski definition) is 1. The largest absolute Gasteiger partial charge is 0.479 e. The molecule has 2 aromatic heterocycles. The molecule has 2 atom stereocenters. The van der Waals surface area contributed by atoms with E-state index in [1.165, 1.54) is 6.07 Å². The van der Waals surface area contributed by atoms with Crippen molar-refractivity contribution in [3.05, 3.63) is 76.8 Å². The van der Waals surface area contributed by atoms with Crippen molar-refractivity contribution < 1.29 is 17.9 Å². The van der Waals surface area contributed by atoms with Crippen LogP contribution in [0.25, 0.3) is 12.2 Å². The molecular weight excluding hydrogens is 469 g/mol. The quantitative estimate of drug-likeness (QED) is 0.497. The van der Waals surface area contributed by atoms with Crippen molar-refractivity contribution in [2.75, 3.05) is 18.7 Å². The Hall–Kier alpha value is -3.82. The number of alkyl halides is 3. The molecule has 2 aliphatic heterocycles. The summed E-state index contributed by atoms with van der Waals surface area (Å²) in [5.41, 5.74) is 2.17. The van der Waals surface area contributed by atoms with Crippen molar-refractivity contribution in [1.29, 1.82) is 0 Å². The van der Waals surface area contributed by atoms with Crippen LogP contribution in [0.3, 0.4) is 0 Å². The lowest BCUT2D eigenvalue weighted by Gasteiger charge is -2.28. The van der Waals surface area contributed by atoms with Crippen molar-refractivity contribution >= 4 is 17.8 Å². The number of ether oxygens (including phenoxy) is 1. The Balaban J connectivity index is 1.44. The zero-order valence-corrected chi connectivity index (χ0v) is 20.3. The van der Waals surface area contributed by atoms with Gasteiger partial charge in [-0.25, -0.2) is 14.6 Å². The van der Waals surface area contributed by atoms with Gasteiger partial charge in [0.25, 0.3) is 0 Å². The third-order valence-electron chi connectivity index (χ3n) is 6.56. The molecule has 0 amide bonds. The maximum atomic E-state index is 13.7. The molecule has 0 spiro atoms. The lowest BCUT2D eigenvalue weighted by atomic mass is 9.86. The van der Waals surface area contributed by atoms with Crippen LogP contribution in [0.1, 0.15) is 67.1 Å². The lowest BCUT2D eigenvalue weighted by molar-refractivity contribution is -0.138. The number of nitrogens with one attached hydrogen (secondary N) is 1. The topological polar surface area (TPSA) is 68.1 Å². The number of pyridine rings is 1. The summed E-state index contributed by atoms with van der Waals surface area (Å²) < 4.78 is 48.3. The molecule has 0 saturated heterocycles. The van der Waals surface area contributed by atoms with E-state index >= 15 is 0 Å². The molecule has 2 aliphatic rings. The van der Waals surface area contributed by atoms with E-state index in [2.05, 4.69) is 20.4 Å². The minimum Gasteiger partial charge on any atom is -0.479 e. The van der Waals surface area contributed by atoms with Crippen LogP contribution in [0.15, 0.2) is 48.3 Å². The van der Waals surface area contributed by atoms with Gasteiger partial charge in [0, 0.05) is 17.8 Å². The van der Waals surface area contributed by atoms with E-state index in [0.717, 1.165) is 23.9 Å². The third kappa shape index (κ3) is 4.55. The van der Waals surface area contributed by atoms with Crippen molar-refractivity contribution in [3.8, 4) is 5.88 Å². The third-order valence-corrected chi connectivity index (χ3v) is 6.56. The van der Waals surface area contributed by atoms with Gasteiger partial charge in [0.1, 0.15) is 11.5 Å². The molecule has 0 aliphatic carbocycles. The van der Waals surface area contributed by atoms with Crippen LogP contribution < -0.4 is 15.0 Å². The molecule has 1 N–H and O–H groups in total. The van der Waals surface area contributed by atoms with E-state index < -0.39 is 17.7 Å². The maximum absolute atomic E-state index is 13.7. The van der Waals surface area contributed by atoms with E-state index in [0.29, 0.717) is 36.3 Å². The van der Waals surface area contributed by atoms with Crippen LogP contribution in [0.5, 0.6) is 5.88 Å². The van der Waals surface area contributed by atoms with Gasteiger partial charge in [0.05, 0.1) is 31.1 Å². The number of rotatable bonds is 5. The fraction of sp³-hybridized carbons (Fsp3) is 0.346. The number of methoxy groups -OCH3 is 1. The second-order valence-electron chi connectivity index (χ2n) is 9.05. The number of hydrogen-bond acceptors (Lipinski definition) is 6. The van der Waals surface area contributed by atoms with E-state index in [-0.39, 0.29) is 11.6 Å². The summed E-state index contributed by atoms with van der Waals surface area (Å²) in [7, 11) is 1.57. The molecule has 0 unspecified atom stereocenters. The number of anilines is 1. The lowest BCUT2D eigenvalue weighted by Crippen LogP contribution is -2.23. The van der Waals surface area contributed by atoms with Crippen molar-refractivity contribution in [3.63, 3.8) is 0 Å². The van der Waals surface area contributed by atoms with Gasteiger partial charge in [-0.3, -0.25) is 0 Å². The number of halogens is 3. The molecular formula is C26H27F3N6O. The maximum Gasteiger partial charge on any atom is 0.416 e. The zero-order valence-electron chi connectivity index (χ0n) is 20.3. The molecule has 0 saturated carbocycles. The van der Waals surface area contributed by atoms with Gasteiger partial charge >= 0.3 is 6.18 Å². The SMILES string of the molecule is COc1nc(/C=C/c2nc3n(n2)[C@H](C)CC[C@H]3c2ccccc2C(F)(F)F)ccc1N1C=C(C)NC1. The molecule has 36 heavy (non-hydrogen) atoms. The van der Waals surface area contributed by atoms with Gasteiger partial charge in [-0.15, -0.1) is 0 Å². The Kier molecular flexibility index (Phi) is 6.19. The fourth-order valence-corrected chi connectivity index (χ4v) is 4.76. The zero-order chi connectivity index (χ0) is 25.4. The predicted octanol–water partition coefficient (Wildman–Crippen LogP) is 5.59. The number of benzene rings is 1. The Labute approximate surface area is 207 Å². The summed E-state index contributed by atoms with van der Waals surface area (Å²) in [6, 6.07) is 9.59. The van der Waals surface area contributed by atoms with Gasteiger partial charge in [-0.05, 0) is 62.6 Å². The molecule has 3 aromatic rings. The second-order valence-corrected chi connectivity index (χ2v) is 9.05. The smallest absolute Gasteiger partial charge is 0.416 e. The number of allylic oxidation sites excluding steroid dienone is 1. The van der Waals surface area contributed by atoms with E-state index in [4.69, 9.17) is 4.74 Å². The average molecular weight is 497 g/mol. The van der Waals surface area contributed by atoms with E-state index in [1.54, 1.807) is 36.1 Å². The Morgan fingerprint density at radius 1 is 1.08 bits per heavy atom. The van der Waals surface area contributed by atoms with Crippen molar-refractivity contribution in [2.45, 2.75) is 44.8 Å². The second kappa shape index (κ2) is 9.33. The highest BCUT2D eigenvalue weighted by molar-refractivity contribution is 5.68. The molecule has 7 nitrogen and oxygen atoms in total. The minimum absolute atomic E-state index is 0.0482. The molecule has 1 aromatic carbocycles. The summed E-state index contributed by atoms with van der Waals surface area (Å²) in [4.78, 5) is 11.2. The standard InChI is InChI=1S/C26H27F3N6O/c1-16-14-34(15-30-16)22-12-9-18(31-25(22)36-3)10-13-23-32-24-20(11-8-17(2)35(24)33-23)19-6-4-5-7-21(19)26(27,28)29/h4-7,9-10,12-14,17,20,30H,8,11,15H2,1-3H3/b13-10+/t17-,20+/m1/s1. The predicted molar refractivity (Wildman–Crippen MR) is 131 cm³/mol. The monoisotopic (exact) mass is 496 g/mol. The van der Waals surface area contributed by atoms with Crippen molar-refractivity contribution in [1.82, 2.24) is 25.1 Å². The first-order valence-electron chi connectivity index (χ1n) is 11.8.